The van der Waals surface area contributed by atoms with Crippen molar-refractivity contribution in [3.63, 3.8) is 0 Å². The lowest BCUT2D eigenvalue weighted by molar-refractivity contribution is -0.137. The second kappa shape index (κ2) is 12.5. The molecule has 0 fully saturated rings. The van der Waals surface area contributed by atoms with Gasteiger partial charge in [-0.05, 0) is 71.8 Å². The van der Waals surface area contributed by atoms with Crippen molar-refractivity contribution in [3.8, 4) is 5.75 Å². The van der Waals surface area contributed by atoms with Crippen molar-refractivity contribution in [2.45, 2.75) is 19.3 Å². The minimum absolute atomic E-state index is 0.106. The number of carbonyl (C=O) groups excluding carboxylic acids is 1. The number of aromatic nitrogens is 2. The number of aliphatic carboxylic acids is 1. The Balaban J connectivity index is 1.43. The maximum Gasteiger partial charge on any atom is 0.303 e. The lowest BCUT2D eigenvalue weighted by atomic mass is 10.2. The monoisotopic (exact) mass is 531 g/mol. The fourth-order valence-corrected chi connectivity index (χ4v) is 4.14. The molecular weight excluding hydrogens is 506 g/mol. The molecule has 9 nitrogen and oxygen atoms in total. The van der Waals surface area contributed by atoms with Gasteiger partial charge < -0.3 is 25.1 Å². The number of carboxylic acid groups (broad SMARTS) is 1. The SMILES string of the molecule is O=C(O)CCCCOc1ccc(/C=c2/[nH]c(=O)/c(=C/c3ccc(NC(=O)c4cccs4)cc3)[nH]c2=O)cc1. The van der Waals surface area contributed by atoms with Crippen LogP contribution in [-0.2, 0) is 4.79 Å². The second-order valence-electron chi connectivity index (χ2n) is 8.35. The number of amides is 1. The summed E-state index contributed by atoms with van der Waals surface area (Å²) in [6.07, 6.45) is 4.41. The van der Waals surface area contributed by atoms with Crippen molar-refractivity contribution in [2.75, 3.05) is 11.9 Å². The van der Waals surface area contributed by atoms with Gasteiger partial charge in [0.25, 0.3) is 17.0 Å². The topological polar surface area (TPSA) is 141 Å². The number of unbranched alkanes of at least 4 members (excludes halogenated alkanes) is 1. The van der Waals surface area contributed by atoms with E-state index in [0.29, 0.717) is 46.9 Å². The number of anilines is 1. The van der Waals surface area contributed by atoms with Crippen LogP contribution in [0.25, 0.3) is 12.2 Å². The van der Waals surface area contributed by atoms with Gasteiger partial charge in [0, 0.05) is 12.1 Å². The molecule has 0 radical (unpaired) electrons. The molecule has 4 aromatic rings. The normalized spacial score (nSPS) is 11.9. The van der Waals surface area contributed by atoms with E-state index in [9.17, 15) is 19.2 Å². The van der Waals surface area contributed by atoms with Gasteiger partial charge in [-0.3, -0.25) is 19.2 Å². The van der Waals surface area contributed by atoms with Crippen LogP contribution in [0.5, 0.6) is 5.75 Å². The molecule has 10 heteroatoms. The molecule has 4 rings (SSSR count). The maximum absolute atomic E-state index is 12.6. The first kappa shape index (κ1) is 26.4. The third-order valence-corrected chi connectivity index (χ3v) is 6.32. The van der Waals surface area contributed by atoms with Crippen molar-refractivity contribution < 1.29 is 19.4 Å². The molecule has 2 aromatic carbocycles. The first-order valence-electron chi connectivity index (χ1n) is 11.8. The highest BCUT2D eigenvalue weighted by atomic mass is 32.1. The summed E-state index contributed by atoms with van der Waals surface area (Å²) < 4.78 is 5.59. The fraction of sp³-hybridized carbons (Fsp3) is 0.143. The zero-order chi connectivity index (χ0) is 26.9. The van der Waals surface area contributed by atoms with Crippen LogP contribution in [-0.4, -0.2) is 33.6 Å². The summed E-state index contributed by atoms with van der Waals surface area (Å²) in [5, 5.41) is 13.5. The van der Waals surface area contributed by atoms with E-state index in [1.54, 1.807) is 72.8 Å². The molecule has 194 valence electrons. The van der Waals surface area contributed by atoms with E-state index >= 15 is 0 Å². The number of thiophene rings is 1. The maximum atomic E-state index is 12.6. The van der Waals surface area contributed by atoms with Crippen molar-refractivity contribution in [1.82, 2.24) is 9.97 Å². The zero-order valence-corrected chi connectivity index (χ0v) is 21.0. The highest BCUT2D eigenvalue weighted by molar-refractivity contribution is 7.12. The minimum Gasteiger partial charge on any atom is -0.494 e. The molecule has 0 saturated heterocycles. The number of ether oxygens (including phenoxy) is 1. The first-order valence-corrected chi connectivity index (χ1v) is 12.7. The Morgan fingerprint density at radius 1 is 0.868 bits per heavy atom. The Morgan fingerprint density at radius 2 is 1.47 bits per heavy atom. The van der Waals surface area contributed by atoms with Gasteiger partial charge in [-0.15, -0.1) is 11.3 Å². The third-order valence-electron chi connectivity index (χ3n) is 5.45. The standard InChI is InChI=1S/C28H25N3O6S/c32-25(33)5-1-2-14-37-21-12-8-19(9-13-21)17-23-27(35)30-22(26(34)31-23)16-18-6-10-20(11-7-18)29-28(36)24-4-3-15-38-24/h3-4,6-13,15-17H,1-2,5,14H2,(H,29,36)(H,30,35)(H,31,34)(H,32,33)/b22-16-,23-17+. The van der Waals surface area contributed by atoms with Crippen LogP contribution in [0.1, 0.15) is 40.1 Å². The van der Waals surface area contributed by atoms with Crippen LogP contribution in [0.2, 0.25) is 0 Å². The summed E-state index contributed by atoms with van der Waals surface area (Å²) in [7, 11) is 0. The van der Waals surface area contributed by atoms with Gasteiger partial charge in [-0.2, -0.15) is 0 Å². The van der Waals surface area contributed by atoms with Gasteiger partial charge in [0.05, 0.1) is 11.5 Å². The number of hydrogen-bond donors (Lipinski definition) is 4. The molecule has 0 saturated carbocycles. The molecule has 4 N–H and O–H groups in total. The second-order valence-corrected chi connectivity index (χ2v) is 9.29. The third kappa shape index (κ3) is 7.40. The van der Waals surface area contributed by atoms with Gasteiger partial charge in [-0.1, -0.05) is 30.3 Å². The molecule has 0 bridgehead atoms. The number of hydrogen-bond acceptors (Lipinski definition) is 6. The van der Waals surface area contributed by atoms with Crippen molar-refractivity contribution in [3.05, 3.63) is 113 Å². The molecular formula is C28H25N3O6S. The zero-order valence-electron chi connectivity index (χ0n) is 20.2. The van der Waals surface area contributed by atoms with E-state index < -0.39 is 17.1 Å². The Bertz CT molecular complexity index is 1640. The number of benzene rings is 2. The first-order chi connectivity index (χ1) is 18.4. The Labute approximate surface area is 220 Å². The van der Waals surface area contributed by atoms with Gasteiger partial charge in [0.1, 0.15) is 16.4 Å². The highest BCUT2D eigenvalue weighted by Crippen LogP contribution is 2.15. The fourth-order valence-electron chi connectivity index (χ4n) is 3.52. The molecule has 0 aliphatic rings. The van der Waals surface area contributed by atoms with E-state index in [4.69, 9.17) is 9.84 Å². The smallest absolute Gasteiger partial charge is 0.303 e. The van der Waals surface area contributed by atoms with E-state index in [1.165, 1.54) is 11.3 Å². The van der Waals surface area contributed by atoms with Crippen molar-refractivity contribution in [1.29, 1.82) is 0 Å². The average Bonchev–Trinajstić information content (AvgIpc) is 3.44. The summed E-state index contributed by atoms with van der Waals surface area (Å²) in [6.45, 7) is 0.411. The molecule has 0 unspecified atom stereocenters. The van der Waals surface area contributed by atoms with Gasteiger partial charge in [0.15, 0.2) is 0 Å². The van der Waals surface area contributed by atoms with Gasteiger partial charge >= 0.3 is 5.97 Å². The van der Waals surface area contributed by atoms with Crippen LogP contribution >= 0.6 is 11.3 Å². The Kier molecular flexibility index (Phi) is 8.68. The van der Waals surface area contributed by atoms with E-state index in [-0.39, 0.29) is 23.0 Å². The highest BCUT2D eigenvalue weighted by Gasteiger charge is 2.06. The molecule has 38 heavy (non-hydrogen) atoms. The molecule has 0 atom stereocenters. The average molecular weight is 532 g/mol. The van der Waals surface area contributed by atoms with E-state index in [0.717, 1.165) is 0 Å². The predicted octanol–water partition coefficient (Wildman–Crippen LogP) is 2.67. The predicted molar refractivity (Wildman–Crippen MR) is 146 cm³/mol. The van der Waals surface area contributed by atoms with E-state index in [1.807, 2.05) is 5.38 Å². The molecule has 0 aliphatic carbocycles. The summed E-state index contributed by atoms with van der Waals surface area (Å²) in [4.78, 5) is 53.8. The molecule has 2 heterocycles. The molecule has 1 amide bonds. The van der Waals surface area contributed by atoms with Crippen molar-refractivity contribution >= 4 is 41.1 Å². The number of carboxylic acids is 1. The van der Waals surface area contributed by atoms with Crippen molar-refractivity contribution in [2.24, 2.45) is 0 Å². The number of carbonyl (C=O) groups is 2. The van der Waals surface area contributed by atoms with E-state index in [2.05, 4.69) is 15.3 Å². The van der Waals surface area contributed by atoms with Gasteiger partial charge in [0.2, 0.25) is 0 Å². The summed E-state index contributed by atoms with van der Waals surface area (Å²) >= 11 is 1.35. The van der Waals surface area contributed by atoms with Gasteiger partial charge in [-0.25, -0.2) is 0 Å². The Hall–Kier alpha value is -4.70. The molecule has 0 aliphatic heterocycles. The van der Waals surface area contributed by atoms with Crippen LogP contribution in [0, 0.1) is 0 Å². The Morgan fingerprint density at radius 3 is 2.03 bits per heavy atom. The lowest BCUT2D eigenvalue weighted by Gasteiger charge is -2.05. The number of H-pyrrole nitrogens is 2. The number of rotatable bonds is 10. The van der Waals surface area contributed by atoms with Crippen LogP contribution < -0.4 is 31.9 Å². The summed E-state index contributed by atoms with van der Waals surface area (Å²) in [5.41, 5.74) is 1.08. The summed E-state index contributed by atoms with van der Waals surface area (Å²) in [6, 6.07) is 17.4. The summed E-state index contributed by atoms with van der Waals surface area (Å²) in [5.74, 6) is -0.392. The van der Waals surface area contributed by atoms with Crippen LogP contribution in [0.4, 0.5) is 5.69 Å². The quantitative estimate of drug-likeness (QED) is 0.232. The minimum atomic E-state index is -0.824. The largest absolute Gasteiger partial charge is 0.494 e. The lowest BCUT2D eigenvalue weighted by Crippen LogP contribution is -2.46. The van der Waals surface area contributed by atoms with Crippen LogP contribution in [0.15, 0.2) is 75.6 Å². The number of aromatic amines is 2. The van der Waals surface area contributed by atoms with Crippen LogP contribution in [0.3, 0.4) is 0 Å². The molecule has 2 aromatic heterocycles. The molecule has 0 spiro atoms. The number of nitrogens with one attached hydrogen (secondary N) is 3.